The van der Waals surface area contributed by atoms with Crippen LogP contribution in [0.2, 0.25) is 0 Å². The van der Waals surface area contributed by atoms with Gasteiger partial charge in [-0.1, -0.05) is 30.3 Å². The lowest BCUT2D eigenvalue weighted by atomic mass is 10.2. The first-order chi connectivity index (χ1) is 14.5. The molecule has 1 N–H and O–H groups in total. The number of rotatable bonds is 6. The van der Waals surface area contributed by atoms with Crippen LogP contribution in [0.4, 0.5) is 5.69 Å². The van der Waals surface area contributed by atoms with E-state index in [0.717, 1.165) is 15.3 Å². The fourth-order valence-corrected chi connectivity index (χ4v) is 4.13. The summed E-state index contributed by atoms with van der Waals surface area (Å²) in [6.07, 6.45) is 1.66. The van der Waals surface area contributed by atoms with Crippen LogP contribution in [0.1, 0.15) is 16.9 Å². The normalized spacial score (nSPS) is 10.9. The zero-order valence-electron chi connectivity index (χ0n) is 16.7. The molecule has 7 heteroatoms. The van der Waals surface area contributed by atoms with Crippen LogP contribution < -0.4 is 15.6 Å². The number of nitrogens with zero attached hydrogens (tertiary/aromatic N) is 2. The highest BCUT2D eigenvalue weighted by Gasteiger charge is 2.13. The van der Waals surface area contributed by atoms with Crippen molar-refractivity contribution in [3.63, 3.8) is 0 Å². The number of para-hydroxylation sites is 3. The SMILES string of the molecule is Cc1sc2ncn(CCC(=O)Nc3ccccc3Oc3ccccc3)c(=O)c2c1C. The molecule has 0 unspecified atom stereocenters. The molecule has 2 aromatic heterocycles. The van der Waals surface area contributed by atoms with Crippen molar-refractivity contribution in [2.75, 3.05) is 5.32 Å². The maximum atomic E-state index is 12.8. The Hall–Kier alpha value is -3.45. The van der Waals surface area contributed by atoms with Crippen molar-refractivity contribution in [1.29, 1.82) is 0 Å². The first-order valence-corrected chi connectivity index (χ1v) is 10.4. The predicted molar refractivity (Wildman–Crippen MR) is 120 cm³/mol. The van der Waals surface area contributed by atoms with Gasteiger partial charge in [0.05, 0.1) is 17.4 Å². The second-order valence-corrected chi connectivity index (χ2v) is 8.12. The summed E-state index contributed by atoms with van der Waals surface area (Å²) >= 11 is 1.51. The van der Waals surface area contributed by atoms with E-state index >= 15 is 0 Å². The van der Waals surface area contributed by atoms with Crippen LogP contribution in [0.25, 0.3) is 10.2 Å². The summed E-state index contributed by atoms with van der Waals surface area (Å²) in [6.45, 7) is 4.16. The molecule has 4 aromatic rings. The van der Waals surface area contributed by atoms with E-state index in [1.807, 2.05) is 56.3 Å². The fraction of sp³-hybridized carbons (Fsp3) is 0.174. The third-order valence-corrected chi connectivity index (χ3v) is 5.98. The van der Waals surface area contributed by atoms with Crippen LogP contribution in [0.3, 0.4) is 0 Å². The van der Waals surface area contributed by atoms with Gasteiger partial charge in [0.15, 0.2) is 5.75 Å². The fourth-order valence-electron chi connectivity index (χ4n) is 3.14. The van der Waals surface area contributed by atoms with E-state index in [-0.39, 0.29) is 24.4 Å². The third kappa shape index (κ3) is 4.11. The molecule has 0 fully saturated rings. The van der Waals surface area contributed by atoms with E-state index < -0.39 is 0 Å². The molecule has 2 heterocycles. The number of thiophene rings is 1. The number of amides is 1. The molecule has 0 aliphatic heterocycles. The number of anilines is 1. The molecule has 4 rings (SSSR count). The van der Waals surface area contributed by atoms with Crippen LogP contribution in [-0.4, -0.2) is 15.5 Å². The van der Waals surface area contributed by atoms with Gasteiger partial charge in [-0.15, -0.1) is 11.3 Å². The number of carbonyl (C=O) groups excluding carboxylic acids is 1. The lowest BCUT2D eigenvalue weighted by Crippen LogP contribution is -2.23. The lowest BCUT2D eigenvalue weighted by molar-refractivity contribution is -0.116. The number of carbonyl (C=O) groups is 1. The summed E-state index contributed by atoms with van der Waals surface area (Å²) in [5.74, 6) is 1.04. The van der Waals surface area contributed by atoms with Crippen molar-refractivity contribution < 1.29 is 9.53 Å². The Morgan fingerprint density at radius 2 is 1.83 bits per heavy atom. The van der Waals surface area contributed by atoms with Crippen molar-refractivity contribution in [3.05, 3.63) is 81.7 Å². The van der Waals surface area contributed by atoms with Crippen molar-refractivity contribution in [3.8, 4) is 11.5 Å². The van der Waals surface area contributed by atoms with E-state index in [0.29, 0.717) is 22.6 Å². The van der Waals surface area contributed by atoms with Gasteiger partial charge in [0.2, 0.25) is 5.91 Å². The second-order valence-electron chi connectivity index (χ2n) is 6.92. The highest BCUT2D eigenvalue weighted by atomic mass is 32.1. The number of hydrogen-bond acceptors (Lipinski definition) is 5. The number of aryl methyl sites for hydroxylation is 3. The van der Waals surface area contributed by atoms with Gasteiger partial charge >= 0.3 is 0 Å². The van der Waals surface area contributed by atoms with E-state index in [4.69, 9.17) is 4.74 Å². The molecule has 0 atom stereocenters. The summed E-state index contributed by atoms with van der Waals surface area (Å²) in [4.78, 5) is 31.5. The van der Waals surface area contributed by atoms with Gasteiger partial charge in [0.1, 0.15) is 10.6 Å². The molecular formula is C23H21N3O3S. The number of aromatic nitrogens is 2. The highest BCUT2D eigenvalue weighted by molar-refractivity contribution is 7.18. The lowest BCUT2D eigenvalue weighted by Gasteiger charge is -2.12. The molecule has 152 valence electrons. The van der Waals surface area contributed by atoms with Crippen LogP contribution in [0.15, 0.2) is 65.7 Å². The average molecular weight is 420 g/mol. The number of hydrogen-bond donors (Lipinski definition) is 1. The third-order valence-electron chi connectivity index (χ3n) is 4.87. The molecule has 0 spiro atoms. The minimum Gasteiger partial charge on any atom is -0.455 e. The van der Waals surface area contributed by atoms with Crippen molar-refractivity contribution >= 4 is 33.1 Å². The van der Waals surface area contributed by atoms with Crippen molar-refractivity contribution in [1.82, 2.24) is 9.55 Å². The topological polar surface area (TPSA) is 73.2 Å². The Bertz CT molecular complexity index is 1260. The summed E-state index contributed by atoms with van der Waals surface area (Å²) in [6, 6.07) is 16.6. The Labute approximate surface area is 177 Å². The number of nitrogens with one attached hydrogen (secondary N) is 1. The van der Waals surface area contributed by atoms with Gasteiger partial charge in [-0.2, -0.15) is 0 Å². The molecule has 0 aliphatic rings. The molecule has 0 radical (unpaired) electrons. The molecule has 1 amide bonds. The minimum atomic E-state index is -0.204. The average Bonchev–Trinajstić information content (AvgIpc) is 3.04. The predicted octanol–water partition coefficient (Wildman–Crippen LogP) is 4.90. The van der Waals surface area contributed by atoms with E-state index in [1.165, 1.54) is 22.2 Å². The molecule has 0 saturated carbocycles. The van der Waals surface area contributed by atoms with E-state index in [1.54, 1.807) is 12.1 Å². The van der Waals surface area contributed by atoms with Gasteiger partial charge in [0.25, 0.3) is 5.56 Å². The summed E-state index contributed by atoms with van der Waals surface area (Å²) in [7, 11) is 0. The van der Waals surface area contributed by atoms with Crippen molar-refractivity contribution in [2.24, 2.45) is 0 Å². The first kappa shape index (κ1) is 19.8. The molecule has 2 aromatic carbocycles. The molecule has 0 saturated heterocycles. The number of benzene rings is 2. The van der Waals surface area contributed by atoms with Gasteiger partial charge < -0.3 is 10.1 Å². The minimum absolute atomic E-state index is 0.109. The Morgan fingerprint density at radius 3 is 2.63 bits per heavy atom. The highest BCUT2D eigenvalue weighted by Crippen LogP contribution is 2.29. The zero-order chi connectivity index (χ0) is 21.1. The maximum absolute atomic E-state index is 12.8. The zero-order valence-corrected chi connectivity index (χ0v) is 17.5. The molecule has 0 bridgehead atoms. The van der Waals surface area contributed by atoms with Crippen LogP contribution in [0.5, 0.6) is 11.5 Å². The summed E-state index contributed by atoms with van der Waals surface area (Å²) < 4.78 is 7.37. The first-order valence-electron chi connectivity index (χ1n) is 9.60. The molecule has 0 aliphatic carbocycles. The van der Waals surface area contributed by atoms with E-state index in [2.05, 4.69) is 10.3 Å². The van der Waals surface area contributed by atoms with Crippen LogP contribution >= 0.6 is 11.3 Å². The summed E-state index contributed by atoms with van der Waals surface area (Å²) in [5, 5.41) is 3.52. The van der Waals surface area contributed by atoms with Gasteiger partial charge in [-0.3, -0.25) is 14.2 Å². The van der Waals surface area contributed by atoms with Crippen LogP contribution in [-0.2, 0) is 11.3 Å². The second kappa shape index (κ2) is 8.51. The Morgan fingerprint density at radius 1 is 1.10 bits per heavy atom. The quantitative estimate of drug-likeness (QED) is 0.483. The van der Waals surface area contributed by atoms with Crippen molar-refractivity contribution in [2.45, 2.75) is 26.8 Å². The van der Waals surface area contributed by atoms with E-state index in [9.17, 15) is 9.59 Å². The van der Waals surface area contributed by atoms with Crippen LogP contribution in [0, 0.1) is 13.8 Å². The Kier molecular flexibility index (Phi) is 5.63. The monoisotopic (exact) mass is 419 g/mol. The van der Waals surface area contributed by atoms with Gasteiger partial charge in [-0.25, -0.2) is 4.98 Å². The number of ether oxygens (including phenoxy) is 1. The summed E-state index contributed by atoms with van der Waals surface area (Å²) in [5.41, 5.74) is 1.43. The Balaban J connectivity index is 1.46. The molecule has 30 heavy (non-hydrogen) atoms. The van der Waals surface area contributed by atoms with Gasteiger partial charge in [0, 0.05) is 17.8 Å². The molecule has 6 nitrogen and oxygen atoms in total. The maximum Gasteiger partial charge on any atom is 0.262 e. The largest absolute Gasteiger partial charge is 0.455 e. The smallest absolute Gasteiger partial charge is 0.262 e. The molecular weight excluding hydrogens is 398 g/mol. The number of fused-ring (bicyclic) bond motifs is 1. The standard InChI is InChI=1S/C23H21N3O3S/c1-15-16(2)30-22-21(15)23(28)26(14-24-22)13-12-20(27)25-18-10-6-7-11-19(18)29-17-8-4-3-5-9-17/h3-11,14H,12-13H2,1-2H3,(H,25,27). The van der Waals surface area contributed by atoms with Gasteiger partial charge in [-0.05, 0) is 43.7 Å².